The number of aromatic amines is 1. The van der Waals surface area contributed by atoms with Crippen LogP contribution in [-0.4, -0.2) is 21.5 Å². The monoisotopic (exact) mass is 250 g/mol. The molecule has 0 unspecified atom stereocenters. The number of para-hydroxylation sites is 1. The maximum absolute atomic E-state index is 4.69. The van der Waals surface area contributed by atoms with Crippen molar-refractivity contribution in [2.24, 2.45) is 0 Å². The summed E-state index contributed by atoms with van der Waals surface area (Å²) in [5.74, 6) is 0.923. The van der Waals surface area contributed by atoms with Crippen LogP contribution in [0.25, 0.3) is 22.3 Å². The largest absolute Gasteiger partial charge is 0.341 e. The topological polar surface area (TPSA) is 53.6 Å². The third-order valence-corrected chi connectivity index (χ3v) is 3.57. The Balaban J connectivity index is 1.83. The first-order valence-electron chi connectivity index (χ1n) is 6.54. The molecule has 0 amide bonds. The molecule has 2 aromatic heterocycles. The minimum Gasteiger partial charge on any atom is -0.341 e. The number of nitrogens with one attached hydrogen (secondary N) is 2. The molecule has 4 nitrogen and oxygen atoms in total. The van der Waals surface area contributed by atoms with Crippen molar-refractivity contribution in [3.05, 3.63) is 47.9 Å². The van der Waals surface area contributed by atoms with Gasteiger partial charge in [-0.2, -0.15) is 0 Å². The molecule has 4 rings (SSSR count). The Bertz CT molecular complexity index is 721. The lowest BCUT2D eigenvalue weighted by Gasteiger charge is -2.09. The van der Waals surface area contributed by atoms with Crippen molar-refractivity contribution < 1.29 is 0 Å². The zero-order valence-corrected chi connectivity index (χ0v) is 10.5. The molecule has 0 saturated carbocycles. The van der Waals surface area contributed by atoms with Crippen LogP contribution >= 0.6 is 0 Å². The Morgan fingerprint density at radius 3 is 3.05 bits per heavy atom. The van der Waals surface area contributed by atoms with E-state index >= 15 is 0 Å². The van der Waals surface area contributed by atoms with Crippen molar-refractivity contribution in [2.75, 3.05) is 6.54 Å². The van der Waals surface area contributed by atoms with Gasteiger partial charge in [0.15, 0.2) is 0 Å². The second kappa shape index (κ2) is 4.17. The van der Waals surface area contributed by atoms with E-state index in [9.17, 15) is 0 Å². The fourth-order valence-corrected chi connectivity index (χ4v) is 2.56. The minimum atomic E-state index is 0.878. The van der Waals surface area contributed by atoms with Crippen LogP contribution in [0.4, 0.5) is 0 Å². The van der Waals surface area contributed by atoms with E-state index in [1.165, 1.54) is 11.4 Å². The van der Waals surface area contributed by atoms with Gasteiger partial charge in [-0.3, -0.25) is 4.98 Å². The number of nitrogens with zero attached hydrogens (tertiary/aromatic N) is 2. The second-order valence-corrected chi connectivity index (χ2v) is 4.85. The standard InChI is InChI=1S/C15H14N4/c1-2-4-12-10(3-1)7-11(8-17-12)15-18-13-5-6-16-9-14(13)19-15/h1-4,7-8,16H,5-6,9H2,(H,18,19). The van der Waals surface area contributed by atoms with E-state index in [2.05, 4.69) is 27.4 Å². The second-order valence-electron chi connectivity index (χ2n) is 4.85. The highest BCUT2D eigenvalue weighted by Crippen LogP contribution is 2.22. The van der Waals surface area contributed by atoms with Crippen LogP contribution < -0.4 is 5.32 Å². The van der Waals surface area contributed by atoms with E-state index in [4.69, 9.17) is 4.98 Å². The van der Waals surface area contributed by atoms with E-state index in [0.29, 0.717) is 0 Å². The molecule has 3 aromatic rings. The first-order valence-corrected chi connectivity index (χ1v) is 6.54. The van der Waals surface area contributed by atoms with Crippen molar-refractivity contribution in [3.63, 3.8) is 0 Å². The lowest BCUT2D eigenvalue weighted by molar-refractivity contribution is 0.627. The summed E-state index contributed by atoms with van der Waals surface area (Å²) in [6, 6.07) is 10.3. The van der Waals surface area contributed by atoms with Crippen LogP contribution in [0, 0.1) is 0 Å². The zero-order valence-electron chi connectivity index (χ0n) is 10.5. The average molecular weight is 250 g/mol. The van der Waals surface area contributed by atoms with Crippen LogP contribution in [-0.2, 0) is 13.0 Å². The van der Waals surface area contributed by atoms with Crippen molar-refractivity contribution in [2.45, 2.75) is 13.0 Å². The van der Waals surface area contributed by atoms with Crippen LogP contribution in [0.5, 0.6) is 0 Å². The molecule has 1 aliphatic rings. The predicted molar refractivity (Wildman–Crippen MR) is 74.7 cm³/mol. The molecule has 1 aliphatic heterocycles. The van der Waals surface area contributed by atoms with Gasteiger partial charge in [-0.1, -0.05) is 18.2 Å². The Kier molecular flexibility index (Phi) is 2.35. The highest BCUT2D eigenvalue weighted by atomic mass is 15.0. The molecule has 94 valence electrons. The quantitative estimate of drug-likeness (QED) is 0.696. The first kappa shape index (κ1) is 10.7. The van der Waals surface area contributed by atoms with E-state index in [0.717, 1.165) is 41.8 Å². The van der Waals surface area contributed by atoms with Crippen LogP contribution in [0.2, 0.25) is 0 Å². The molecule has 4 heteroatoms. The number of benzene rings is 1. The molecule has 0 radical (unpaired) electrons. The Morgan fingerprint density at radius 1 is 1.16 bits per heavy atom. The van der Waals surface area contributed by atoms with Gasteiger partial charge in [0.05, 0.1) is 16.9 Å². The van der Waals surface area contributed by atoms with Gasteiger partial charge >= 0.3 is 0 Å². The molecule has 19 heavy (non-hydrogen) atoms. The third kappa shape index (κ3) is 1.81. The van der Waals surface area contributed by atoms with E-state index in [1.807, 2.05) is 24.4 Å². The maximum Gasteiger partial charge on any atom is 0.139 e. The summed E-state index contributed by atoms with van der Waals surface area (Å²) >= 11 is 0. The van der Waals surface area contributed by atoms with Gasteiger partial charge in [0.2, 0.25) is 0 Å². The number of imidazole rings is 1. The lowest BCUT2D eigenvalue weighted by atomic mass is 10.1. The van der Waals surface area contributed by atoms with Gasteiger partial charge in [-0.15, -0.1) is 0 Å². The summed E-state index contributed by atoms with van der Waals surface area (Å²) in [5, 5.41) is 4.49. The predicted octanol–water partition coefficient (Wildman–Crippen LogP) is 2.27. The fourth-order valence-electron chi connectivity index (χ4n) is 2.56. The Hall–Kier alpha value is -2.20. The molecule has 3 heterocycles. The molecule has 2 N–H and O–H groups in total. The van der Waals surface area contributed by atoms with Crippen molar-refractivity contribution in [1.29, 1.82) is 0 Å². The molecule has 0 saturated heterocycles. The summed E-state index contributed by atoms with van der Waals surface area (Å²) in [7, 11) is 0. The third-order valence-electron chi connectivity index (χ3n) is 3.57. The van der Waals surface area contributed by atoms with E-state index in [1.54, 1.807) is 0 Å². The molecular weight excluding hydrogens is 236 g/mol. The number of aromatic nitrogens is 3. The SMILES string of the molecule is c1ccc2ncc(-c3nc4c([nH]3)CNCC4)cc2c1. The molecule has 0 atom stereocenters. The summed E-state index contributed by atoms with van der Waals surface area (Å²) in [4.78, 5) is 12.6. The molecular formula is C15H14N4. The highest BCUT2D eigenvalue weighted by Gasteiger charge is 2.14. The average Bonchev–Trinajstić information content (AvgIpc) is 2.90. The lowest BCUT2D eigenvalue weighted by Crippen LogP contribution is -2.23. The van der Waals surface area contributed by atoms with Crippen LogP contribution in [0.1, 0.15) is 11.4 Å². The van der Waals surface area contributed by atoms with Crippen molar-refractivity contribution >= 4 is 10.9 Å². The molecule has 0 spiro atoms. The number of fused-ring (bicyclic) bond motifs is 2. The van der Waals surface area contributed by atoms with Gasteiger partial charge < -0.3 is 10.3 Å². The highest BCUT2D eigenvalue weighted by molar-refractivity contribution is 5.82. The van der Waals surface area contributed by atoms with Gasteiger partial charge in [-0.25, -0.2) is 4.98 Å². The van der Waals surface area contributed by atoms with Crippen LogP contribution in [0.15, 0.2) is 36.5 Å². The summed E-state index contributed by atoms with van der Waals surface area (Å²) in [6.45, 7) is 1.89. The number of rotatable bonds is 1. The number of hydrogen-bond donors (Lipinski definition) is 2. The smallest absolute Gasteiger partial charge is 0.139 e. The number of H-pyrrole nitrogens is 1. The zero-order chi connectivity index (χ0) is 12.7. The summed E-state index contributed by atoms with van der Waals surface area (Å²) in [5.41, 5.74) is 4.45. The van der Waals surface area contributed by atoms with Gasteiger partial charge in [0.1, 0.15) is 5.82 Å². The van der Waals surface area contributed by atoms with Crippen molar-refractivity contribution in [1.82, 2.24) is 20.3 Å². The maximum atomic E-state index is 4.69. The van der Waals surface area contributed by atoms with Gasteiger partial charge in [0, 0.05) is 36.7 Å². The number of hydrogen-bond acceptors (Lipinski definition) is 3. The summed E-state index contributed by atoms with van der Waals surface area (Å²) in [6.07, 6.45) is 2.88. The summed E-state index contributed by atoms with van der Waals surface area (Å²) < 4.78 is 0. The van der Waals surface area contributed by atoms with Crippen LogP contribution in [0.3, 0.4) is 0 Å². The fraction of sp³-hybridized carbons (Fsp3) is 0.200. The Labute approximate surface area is 110 Å². The Morgan fingerprint density at radius 2 is 2.11 bits per heavy atom. The normalized spacial score (nSPS) is 14.5. The molecule has 0 bridgehead atoms. The van der Waals surface area contributed by atoms with Gasteiger partial charge in [-0.05, 0) is 12.1 Å². The van der Waals surface area contributed by atoms with Gasteiger partial charge in [0.25, 0.3) is 0 Å². The van der Waals surface area contributed by atoms with E-state index < -0.39 is 0 Å². The first-order chi connectivity index (χ1) is 9.40. The van der Waals surface area contributed by atoms with E-state index in [-0.39, 0.29) is 0 Å². The molecule has 0 fully saturated rings. The minimum absolute atomic E-state index is 0.878. The number of pyridine rings is 1. The molecule has 0 aliphatic carbocycles. The van der Waals surface area contributed by atoms with Crippen molar-refractivity contribution in [3.8, 4) is 11.4 Å². The molecule has 1 aromatic carbocycles.